The molecule has 3 rings (SSSR count). The molecule has 3 heterocycles. The summed E-state index contributed by atoms with van der Waals surface area (Å²) in [5.41, 5.74) is 0.855. The van der Waals surface area contributed by atoms with Gasteiger partial charge in [-0.1, -0.05) is 0 Å². The van der Waals surface area contributed by atoms with E-state index in [9.17, 15) is 4.79 Å². The molecule has 2 aliphatic rings. The fraction of sp³-hybridized carbons (Fsp3) is 0.692. The van der Waals surface area contributed by atoms with E-state index in [2.05, 4.69) is 9.97 Å². The first-order valence-electron chi connectivity index (χ1n) is 6.58. The minimum Gasteiger partial charge on any atom is -0.381 e. The summed E-state index contributed by atoms with van der Waals surface area (Å²) in [6.07, 6.45) is 2.10. The highest BCUT2D eigenvalue weighted by atomic mass is 16.5. The second-order valence-electron chi connectivity index (χ2n) is 4.95. The van der Waals surface area contributed by atoms with E-state index in [1.54, 1.807) is 7.11 Å². The van der Waals surface area contributed by atoms with Crippen molar-refractivity contribution in [1.29, 1.82) is 0 Å². The van der Waals surface area contributed by atoms with Crippen LogP contribution in [0.15, 0.2) is 4.79 Å². The highest BCUT2D eigenvalue weighted by molar-refractivity contribution is 5.21. The molecule has 0 atom stereocenters. The standard InChI is InChI=1S/C13H18N2O4/c1-17-13(3-6-18-7-4-13)12-14-10-2-5-19-8-9(10)11(16)15-12/h2-8H2,1H3,(H,14,15,16). The number of hydrogen-bond acceptors (Lipinski definition) is 5. The lowest BCUT2D eigenvalue weighted by atomic mass is 9.92. The lowest BCUT2D eigenvalue weighted by molar-refractivity contribution is -0.100. The van der Waals surface area contributed by atoms with Crippen LogP contribution in [-0.4, -0.2) is 36.9 Å². The Morgan fingerprint density at radius 2 is 2.05 bits per heavy atom. The first kappa shape index (κ1) is 12.8. The van der Waals surface area contributed by atoms with Gasteiger partial charge >= 0.3 is 0 Å². The van der Waals surface area contributed by atoms with Gasteiger partial charge in [-0.15, -0.1) is 0 Å². The van der Waals surface area contributed by atoms with E-state index >= 15 is 0 Å². The van der Waals surface area contributed by atoms with Gasteiger partial charge < -0.3 is 19.2 Å². The van der Waals surface area contributed by atoms with Crippen LogP contribution in [0.5, 0.6) is 0 Å². The molecule has 1 aromatic rings. The van der Waals surface area contributed by atoms with Crippen molar-refractivity contribution in [2.45, 2.75) is 31.5 Å². The van der Waals surface area contributed by atoms with Crippen LogP contribution in [0.2, 0.25) is 0 Å². The molecule has 0 amide bonds. The minimum absolute atomic E-state index is 0.109. The highest BCUT2D eigenvalue weighted by Gasteiger charge is 2.37. The van der Waals surface area contributed by atoms with Gasteiger partial charge in [-0.05, 0) is 0 Å². The van der Waals surface area contributed by atoms with Crippen molar-refractivity contribution in [3.05, 3.63) is 27.4 Å². The Kier molecular flexibility index (Phi) is 3.38. The number of H-pyrrole nitrogens is 1. The van der Waals surface area contributed by atoms with Crippen molar-refractivity contribution in [2.24, 2.45) is 0 Å². The summed E-state index contributed by atoms with van der Waals surface area (Å²) in [7, 11) is 1.66. The monoisotopic (exact) mass is 266 g/mol. The highest BCUT2D eigenvalue weighted by Crippen LogP contribution is 2.33. The number of methoxy groups -OCH3 is 1. The van der Waals surface area contributed by atoms with Crippen LogP contribution in [0.3, 0.4) is 0 Å². The SMILES string of the molecule is COC1(c2nc3c(c(=O)[nH]2)COCC3)CCOCC1. The lowest BCUT2D eigenvalue weighted by Gasteiger charge is -2.35. The molecule has 1 saturated heterocycles. The quantitative estimate of drug-likeness (QED) is 0.843. The molecule has 1 N–H and O–H groups in total. The van der Waals surface area contributed by atoms with E-state index in [0.717, 1.165) is 5.69 Å². The molecule has 6 heteroatoms. The Morgan fingerprint density at radius 3 is 2.79 bits per heavy atom. The maximum absolute atomic E-state index is 12.1. The Bertz CT molecular complexity index is 520. The fourth-order valence-electron chi connectivity index (χ4n) is 2.70. The van der Waals surface area contributed by atoms with Gasteiger partial charge in [0.15, 0.2) is 0 Å². The summed E-state index contributed by atoms with van der Waals surface area (Å²) >= 11 is 0. The van der Waals surface area contributed by atoms with E-state index in [-0.39, 0.29) is 5.56 Å². The van der Waals surface area contributed by atoms with Crippen molar-refractivity contribution in [3.8, 4) is 0 Å². The Labute approximate surface area is 111 Å². The second-order valence-corrected chi connectivity index (χ2v) is 4.95. The second kappa shape index (κ2) is 5.03. The average molecular weight is 266 g/mol. The average Bonchev–Trinajstić information content (AvgIpc) is 2.48. The number of aromatic nitrogens is 2. The van der Waals surface area contributed by atoms with Gasteiger partial charge in [-0.25, -0.2) is 4.98 Å². The topological polar surface area (TPSA) is 73.4 Å². The molecular weight excluding hydrogens is 248 g/mol. The molecule has 0 bridgehead atoms. The van der Waals surface area contributed by atoms with Gasteiger partial charge in [0.2, 0.25) is 0 Å². The normalized spacial score (nSPS) is 21.9. The molecule has 0 aromatic carbocycles. The summed E-state index contributed by atoms with van der Waals surface area (Å²) in [6.45, 7) is 2.21. The zero-order valence-corrected chi connectivity index (χ0v) is 11.0. The van der Waals surface area contributed by atoms with E-state index in [1.165, 1.54) is 0 Å². The van der Waals surface area contributed by atoms with Crippen LogP contribution >= 0.6 is 0 Å². The number of hydrogen-bond donors (Lipinski definition) is 1. The zero-order valence-electron chi connectivity index (χ0n) is 11.0. The molecule has 6 nitrogen and oxygen atoms in total. The molecule has 0 aliphatic carbocycles. The van der Waals surface area contributed by atoms with Gasteiger partial charge in [0.05, 0.1) is 24.5 Å². The third-order valence-electron chi connectivity index (χ3n) is 3.95. The van der Waals surface area contributed by atoms with E-state index < -0.39 is 5.60 Å². The molecule has 104 valence electrons. The van der Waals surface area contributed by atoms with Crippen LogP contribution in [0, 0.1) is 0 Å². The van der Waals surface area contributed by atoms with Crippen LogP contribution in [-0.2, 0) is 32.8 Å². The fourth-order valence-corrected chi connectivity index (χ4v) is 2.70. The van der Waals surface area contributed by atoms with Crippen molar-refractivity contribution in [2.75, 3.05) is 26.9 Å². The third-order valence-corrected chi connectivity index (χ3v) is 3.95. The molecular formula is C13H18N2O4. The largest absolute Gasteiger partial charge is 0.381 e. The zero-order chi connectivity index (χ0) is 13.3. The van der Waals surface area contributed by atoms with E-state index in [0.29, 0.717) is 57.1 Å². The summed E-state index contributed by atoms with van der Waals surface area (Å²) in [5, 5.41) is 0. The molecule has 0 radical (unpaired) electrons. The maximum Gasteiger partial charge on any atom is 0.256 e. The molecule has 1 fully saturated rings. The third kappa shape index (κ3) is 2.20. The Balaban J connectivity index is 2.04. The van der Waals surface area contributed by atoms with Gasteiger partial charge in [0, 0.05) is 39.6 Å². The number of nitrogens with one attached hydrogen (secondary N) is 1. The summed E-state index contributed by atoms with van der Waals surface area (Å²) in [6, 6.07) is 0. The molecule has 0 unspecified atom stereocenters. The van der Waals surface area contributed by atoms with Crippen LogP contribution in [0.4, 0.5) is 0 Å². The summed E-state index contributed by atoms with van der Waals surface area (Å²) in [4.78, 5) is 19.6. The lowest BCUT2D eigenvalue weighted by Crippen LogP contribution is -2.40. The van der Waals surface area contributed by atoms with Gasteiger partial charge in [0.25, 0.3) is 5.56 Å². The predicted molar refractivity (Wildman–Crippen MR) is 67.0 cm³/mol. The van der Waals surface area contributed by atoms with Crippen molar-refractivity contribution < 1.29 is 14.2 Å². The van der Waals surface area contributed by atoms with E-state index in [1.807, 2.05) is 0 Å². The molecule has 0 saturated carbocycles. The molecule has 0 spiro atoms. The number of aromatic amines is 1. The smallest absolute Gasteiger partial charge is 0.256 e. The van der Waals surface area contributed by atoms with Gasteiger partial charge in [0.1, 0.15) is 11.4 Å². The van der Waals surface area contributed by atoms with Gasteiger partial charge in [-0.3, -0.25) is 4.79 Å². The van der Waals surface area contributed by atoms with Crippen molar-refractivity contribution >= 4 is 0 Å². The number of rotatable bonds is 2. The van der Waals surface area contributed by atoms with Crippen molar-refractivity contribution in [1.82, 2.24) is 9.97 Å². The predicted octanol–water partition coefficient (Wildman–Crippen LogP) is 0.495. The maximum atomic E-state index is 12.1. The van der Waals surface area contributed by atoms with Crippen molar-refractivity contribution in [3.63, 3.8) is 0 Å². The first-order valence-corrected chi connectivity index (χ1v) is 6.58. The molecule has 19 heavy (non-hydrogen) atoms. The molecule has 2 aliphatic heterocycles. The Hall–Kier alpha value is -1.24. The van der Waals surface area contributed by atoms with Crippen LogP contribution in [0.1, 0.15) is 29.9 Å². The Morgan fingerprint density at radius 1 is 1.26 bits per heavy atom. The summed E-state index contributed by atoms with van der Waals surface area (Å²) < 4.78 is 16.3. The van der Waals surface area contributed by atoms with Crippen LogP contribution in [0.25, 0.3) is 0 Å². The number of ether oxygens (including phenoxy) is 3. The van der Waals surface area contributed by atoms with Crippen LogP contribution < -0.4 is 5.56 Å². The number of nitrogens with zero attached hydrogens (tertiary/aromatic N) is 1. The number of fused-ring (bicyclic) bond motifs is 1. The molecule has 1 aromatic heterocycles. The van der Waals surface area contributed by atoms with E-state index in [4.69, 9.17) is 14.2 Å². The minimum atomic E-state index is -0.523. The summed E-state index contributed by atoms with van der Waals surface area (Å²) in [5.74, 6) is 0.629. The first-order chi connectivity index (χ1) is 9.25. The van der Waals surface area contributed by atoms with Gasteiger partial charge in [-0.2, -0.15) is 0 Å².